The molecule has 0 bridgehead atoms. The quantitative estimate of drug-likeness (QED) is 0.906. The highest BCUT2D eigenvalue weighted by atomic mass is 32.2. The van der Waals surface area contributed by atoms with Crippen molar-refractivity contribution in [2.45, 2.75) is 43.7 Å². The first-order valence-electron chi connectivity index (χ1n) is 7.07. The predicted molar refractivity (Wildman–Crippen MR) is 74.3 cm³/mol. The Balaban J connectivity index is 1.45. The summed E-state index contributed by atoms with van der Waals surface area (Å²) in [5.41, 5.74) is 0.160. The standard InChI is InChI=1S/C13H21N3O2S/c1(12-15-10-18-16-12)5-14-11-2-6-17-13(9-11)3-7-19-8-4-13/h10-11,14H,1-9H2. The van der Waals surface area contributed by atoms with Gasteiger partial charge in [0.1, 0.15) is 0 Å². The molecule has 2 aliphatic heterocycles. The highest BCUT2D eigenvalue weighted by Crippen LogP contribution is 2.37. The fourth-order valence-corrected chi connectivity index (χ4v) is 4.22. The lowest BCUT2D eigenvalue weighted by Crippen LogP contribution is -2.49. The molecule has 19 heavy (non-hydrogen) atoms. The van der Waals surface area contributed by atoms with E-state index in [0.717, 1.165) is 38.2 Å². The van der Waals surface area contributed by atoms with Gasteiger partial charge in [0.25, 0.3) is 0 Å². The minimum Gasteiger partial charge on any atom is -0.375 e. The largest absolute Gasteiger partial charge is 0.375 e. The van der Waals surface area contributed by atoms with Crippen molar-refractivity contribution in [2.75, 3.05) is 24.7 Å². The fraction of sp³-hybridized carbons (Fsp3) is 0.846. The van der Waals surface area contributed by atoms with Gasteiger partial charge in [0, 0.05) is 25.6 Å². The van der Waals surface area contributed by atoms with Gasteiger partial charge in [-0.15, -0.1) is 0 Å². The van der Waals surface area contributed by atoms with Gasteiger partial charge in [-0.2, -0.15) is 16.7 Å². The van der Waals surface area contributed by atoms with Crippen LogP contribution >= 0.6 is 11.8 Å². The van der Waals surface area contributed by atoms with Crippen molar-refractivity contribution >= 4 is 11.8 Å². The van der Waals surface area contributed by atoms with Crippen LogP contribution in [0.15, 0.2) is 10.9 Å². The number of thioether (sulfide) groups is 1. The molecule has 1 aromatic heterocycles. The summed E-state index contributed by atoms with van der Waals surface area (Å²) in [6, 6.07) is 0.573. The number of hydrogen-bond donors (Lipinski definition) is 1. The van der Waals surface area contributed by atoms with Crippen molar-refractivity contribution in [2.24, 2.45) is 0 Å². The monoisotopic (exact) mass is 283 g/mol. The number of aromatic nitrogens is 2. The van der Waals surface area contributed by atoms with Crippen molar-refractivity contribution in [1.29, 1.82) is 0 Å². The SMILES string of the molecule is c1nc(CCNC2CCOC3(CCSCC3)C2)no1. The molecule has 0 amide bonds. The van der Waals surface area contributed by atoms with E-state index in [0.29, 0.717) is 6.04 Å². The number of ether oxygens (including phenoxy) is 1. The molecule has 106 valence electrons. The van der Waals surface area contributed by atoms with Gasteiger partial charge in [-0.3, -0.25) is 0 Å². The molecule has 2 aliphatic rings. The molecular formula is C13H21N3O2S. The van der Waals surface area contributed by atoms with Crippen LogP contribution in [0.2, 0.25) is 0 Å². The zero-order valence-corrected chi connectivity index (χ0v) is 12.0. The molecule has 0 aromatic carbocycles. The van der Waals surface area contributed by atoms with Crippen molar-refractivity contribution < 1.29 is 9.26 Å². The van der Waals surface area contributed by atoms with Crippen molar-refractivity contribution in [3.05, 3.63) is 12.2 Å². The Bertz CT molecular complexity index is 374. The van der Waals surface area contributed by atoms with Crippen LogP contribution < -0.4 is 5.32 Å². The van der Waals surface area contributed by atoms with Gasteiger partial charge in [-0.05, 0) is 37.2 Å². The van der Waals surface area contributed by atoms with Gasteiger partial charge in [0.15, 0.2) is 5.82 Å². The molecule has 3 heterocycles. The van der Waals surface area contributed by atoms with Crippen LogP contribution in [0.4, 0.5) is 0 Å². The summed E-state index contributed by atoms with van der Waals surface area (Å²) in [6.45, 7) is 1.81. The first-order chi connectivity index (χ1) is 9.36. The first-order valence-corrected chi connectivity index (χ1v) is 8.22. The van der Waals surface area contributed by atoms with E-state index in [2.05, 4.69) is 27.2 Å². The van der Waals surface area contributed by atoms with Gasteiger partial charge in [-0.1, -0.05) is 5.16 Å². The minimum absolute atomic E-state index is 0.160. The fourth-order valence-electron chi connectivity index (χ4n) is 2.98. The first kappa shape index (κ1) is 13.4. The molecule has 0 aliphatic carbocycles. The lowest BCUT2D eigenvalue weighted by Gasteiger charge is -2.43. The second kappa shape index (κ2) is 6.24. The van der Waals surface area contributed by atoms with Gasteiger partial charge >= 0.3 is 0 Å². The molecule has 3 rings (SSSR count). The molecule has 5 nitrogen and oxygen atoms in total. The maximum absolute atomic E-state index is 6.10. The second-order valence-electron chi connectivity index (χ2n) is 5.39. The van der Waals surface area contributed by atoms with Crippen LogP contribution in [0.1, 0.15) is 31.5 Å². The normalized spacial score (nSPS) is 26.6. The summed E-state index contributed by atoms with van der Waals surface area (Å²) >= 11 is 2.05. The van der Waals surface area contributed by atoms with Crippen LogP contribution in [-0.4, -0.2) is 46.4 Å². The van der Waals surface area contributed by atoms with E-state index < -0.39 is 0 Å². The summed E-state index contributed by atoms with van der Waals surface area (Å²) in [5, 5.41) is 7.45. The molecule has 1 aromatic rings. The minimum atomic E-state index is 0.160. The Kier molecular flexibility index (Phi) is 4.40. The molecule has 1 atom stereocenters. The van der Waals surface area contributed by atoms with E-state index in [4.69, 9.17) is 9.26 Å². The molecule has 0 radical (unpaired) electrons. The van der Waals surface area contributed by atoms with E-state index in [1.54, 1.807) is 0 Å². The summed E-state index contributed by atoms with van der Waals surface area (Å²) in [4.78, 5) is 4.04. The molecule has 1 spiro atoms. The number of hydrogen-bond acceptors (Lipinski definition) is 6. The molecular weight excluding hydrogens is 262 g/mol. The Morgan fingerprint density at radius 2 is 2.32 bits per heavy atom. The van der Waals surface area contributed by atoms with Crippen molar-refractivity contribution in [3.8, 4) is 0 Å². The third-order valence-corrected chi connectivity index (χ3v) is 5.07. The van der Waals surface area contributed by atoms with Crippen molar-refractivity contribution in [3.63, 3.8) is 0 Å². The summed E-state index contributed by atoms with van der Waals surface area (Å²) < 4.78 is 10.8. The van der Waals surface area contributed by atoms with E-state index in [1.807, 2.05) is 0 Å². The number of nitrogens with one attached hydrogen (secondary N) is 1. The maximum atomic E-state index is 6.10. The Morgan fingerprint density at radius 1 is 1.42 bits per heavy atom. The Hall–Kier alpha value is -0.590. The Labute approximate surface area is 117 Å². The lowest BCUT2D eigenvalue weighted by atomic mass is 9.85. The van der Waals surface area contributed by atoms with Gasteiger partial charge in [0.2, 0.25) is 6.39 Å². The molecule has 6 heteroatoms. The predicted octanol–water partition coefficient (Wildman–Crippen LogP) is 1.65. The van der Waals surface area contributed by atoms with E-state index >= 15 is 0 Å². The van der Waals surface area contributed by atoms with Crippen LogP contribution in [0.25, 0.3) is 0 Å². The van der Waals surface area contributed by atoms with Gasteiger partial charge in [0.05, 0.1) is 5.60 Å². The second-order valence-corrected chi connectivity index (χ2v) is 6.61. The van der Waals surface area contributed by atoms with Gasteiger partial charge < -0.3 is 14.6 Å². The topological polar surface area (TPSA) is 60.2 Å². The van der Waals surface area contributed by atoms with Crippen LogP contribution in [0, 0.1) is 0 Å². The Morgan fingerprint density at radius 3 is 3.11 bits per heavy atom. The summed E-state index contributed by atoms with van der Waals surface area (Å²) in [6.07, 6.45) is 6.90. The zero-order valence-electron chi connectivity index (χ0n) is 11.1. The highest BCUT2D eigenvalue weighted by Gasteiger charge is 2.38. The van der Waals surface area contributed by atoms with E-state index in [9.17, 15) is 0 Å². The van der Waals surface area contributed by atoms with E-state index in [-0.39, 0.29) is 5.60 Å². The molecule has 1 unspecified atom stereocenters. The third kappa shape index (κ3) is 3.49. The van der Waals surface area contributed by atoms with Crippen molar-refractivity contribution in [1.82, 2.24) is 15.5 Å². The maximum Gasteiger partial charge on any atom is 0.213 e. The average Bonchev–Trinajstić information content (AvgIpc) is 2.93. The number of nitrogens with zero attached hydrogens (tertiary/aromatic N) is 2. The molecule has 2 fully saturated rings. The smallest absolute Gasteiger partial charge is 0.213 e. The van der Waals surface area contributed by atoms with Crippen LogP contribution in [0.5, 0.6) is 0 Å². The summed E-state index contributed by atoms with van der Waals surface area (Å²) in [7, 11) is 0. The van der Waals surface area contributed by atoms with Crippen LogP contribution in [-0.2, 0) is 11.2 Å². The number of rotatable bonds is 4. The average molecular weight is 283 g/mol. The van der Waals surface area contributed by atoms with E-state index in [1.165, 1.54) is 30.7 Å². The molecule has 2 saturated heterocycles. The zero-order chi connectivity index (χ0) is 13.0. The lowest BCUT2D eigenvalue weighted by molar-refractivity contribution is -0.0930. The van der Waals surface area contributed by atoms with Crippen LogP contribution in [0.3, 0.4) is 0 Å². The molecule has 0 saturated carbocycles. The highest BCUT2D eigenvalue weighted by molar-refractivity contribution is 7.99. The molecule has 1 N–H and O–H groups in total. The summed E-state index contributed by atoms with van der Waals surface area (Å²) in [5.74, 6) is 3.27. The van der Waals surface area contributed by atoms with Gasteiger partial charge in [-0.25, -0.2) is 0 Å². The third-order valence-electron chi connectivity index (χ3n) is 4.09.